The van der Waals surface area contributed by atoms with Crippen LogP contribution < -0.4 is 10.6 Å². The zero-order valence-electron chi connectivity index (χ0n) is 14.6. The van der Waals surface area contributed by atoms with Crippen LogP contribution in [0.25, 0.3) is 0 Å². The van der Waals surface area contributed by atoms with Crippen LogP contribution in [0.1, 0.15) is 28.0 Å². The van der Waals surface area contributed by atoms with Gasteiger partial charge in [0.05, 0.1) is 0 Å². The largest absolute Gasteiger partial charge is 0.365 e. The van der Waals surface area contributed by atoms with Crippen molar-refractivity contribution in [2.45, 2.75) is 19.4 Å². The van der Waals surface area contributed by atoms with Gasteiger partial charge in [-0.15, -0.1) is 10.2 Å². The van der Waals surface area contributed by atoms with Crippen molar-refractivity contribution >= 4 is 11.7 Å². The Kier molecular flexibility index (Phi) is 6.31. The zero-order chi connectivity index (χ0) is 18.0. The number of benzene rings is 2. The van der Waals surface area contributed by atoms with E-state index in [1.807, 2.05) is 48.5 Å². The van der Waals surface area contributed by atoms with Gasteiger partial charge in [-0.05, 0) is 36.1 Å². The summed E-state index contributed by atoms with van der Waals surface area (Å²) in [5.74, 6) is 0.453. The summed E-state index contributed by atoms with van der Waals surface area (Å²) in [6.45, 7) is 1.28. The molecule has 0 radical (unpaired) electrons. The van der Waals surface area contributed by atoms with Crippen molar-refractivity contribution in [3.63, 3.8) is 0 Å². The molecule has 1 aromatic heterocycles. The molecule has 5 nitrogen and oxygen atoms in total. The molecule has 3 aromatic rings. The third-order valence-corrected chi connectivity index (χ3v) is 3.98. The monoisotopic (exact) mass is 346 g/mol. The lowest BCUT2D eigenvalue weighted by Gasteiger charge is -2.07. The van der Waals surface area contributed by atoms with Gasteiger partial charge in [-0.25, -0.2) is 0 Å². The molecule has 0 atom stereocenters. The summed E-state index contributed by atoms with van der Waals surface area (Å²) in [6.07, 6.45) is 1.83. The first-order valence-corrected chi connectivity index (χ1v) is 8.75. The maximum atomic E-state index is 12.1. The fourth-order valence-electron chi connectivity index (χ4n) is 2.57. The topological polar surface area (TPSA) is 66.9 Å². The summed E-state index contributed by atoms with van der Waals surface area (Å²) in [5.41, 5.74) is 2.76. The van der Waals surface area contributed by atoms with E-state index >= 15 is 0 Å². The van der Waals surface area contributed by atoms with E-state index in [-0.39, 0.29) is 5.91 Å². The fraction of sp³-hybridized carbons (Fsp3) is 0.190. The van der Waals surface area contributed by atoms with Crippen LogP contribution in [-0.4, -0.2) is 22.6 Å². The number of carbonyl (C=O) groups excluding carboxylic acids is 1. The van der Waals surface area contributed by atoms with Gasteiger partial charge in [0.15, 0.2) is 5.69 Å². The van der Waals surface area contributed by atoms with Crippen LogP contribution in [0.15, 0.2) is 72.8 Å². The smallest absolute Gasteiger partial charge is 0.271 e. The number of nitrogens with one attached hydrogen (secondary N) is 2. The highest BCUT2D eigenvalue weighted by Crippen LogP contribution is 2.06. The molecule has 2 N–H and O–H groups in total. The van der Waals surface area contributed by atoms with Crippen LogP contribution in [0.2, 0.25) is 0 Å². The molecule has 5 heteroatoms. The highest BCUT2D eigenvalue weighted by Gasteiger charge is 2.07. The lowest BCUT2D eigenvalue weighted by Crippen LogP contribution is -2.26. The van der Waals surface area contributed by atoms with Crippen LogP contribution in [0.3, 0.4) is 0 Å². The van der Waals surface area contributed by atoms with Crippen LogP contribution in [0, 0.1) is 0 Å². The van der Waals surface area contributed by atoms with Crippen molar-refractivity contribution in [2.24, 2.45) is 0 Å². The standard InChI is InChI=1S/C21H22N4O/c26-21(22-15-7-12-17-8-3-1-4-9-17)19-13-14-20(25-24-19)23-16-18-10-5-2-6-11-18/h1-6,8-11,13-14H,7,12,15-16H2,(H,22,26)(H,23,25). The molecular weight excluding hydrogens is 324 g/mol. The Morgan fingerprint density at radius 2 is 1.50 bits per heavy atom. The molecule has 0 fully saturated rings. The lowest BCUT2D eigenvalue weighted by molar-refractivity contribution is 0.0947. The maximum Gasteiger partial charge on any atom is 0.271 e. The molecular formula is C21H22N4O. The molecule has 0 saturated heterocycles. The van der Waals surface area contributed by atoms with E-state index in [9.17, 15) is 4.79 Å². The van der Waals surface area contributed by atoms with Crippen molar-refractivity contribution in [1.29, 1.82) is 0 Å². The number of hydrogen-bond donors (Lipinski definition) is 2. The zero-order valence-corrected chi connectivity index (χ0v) is 14.6. The molecule has 0 aliphatic carbocycles. The molecule has 26 heavy (non-hydrogen) atoms. The van der Waals surface area contributed by atoms with Crippen molar-refractivity contribution in [2.75, 3.05) is 11.9 Å². The Hall–Kier alpha value is -3.21. The van der Waals surface area contributed by atoms with Crippen LogP contribution in [0.5, 0.6) is 0 Å². The van der Waals surface area contributed by atoms with Crippen LogP contribution in [-0.2, 0) is 13.0 Å². The normalized spacial score (nSPS) is 10.3. The molecule has 0 aliphatic heterocycles. The molecule has 2 aromatic carbocycles. The Balaban J connectivity index is 1.41. The second-order valence-electron chi connectivity index (χ2n) is 5.99. The van der Waals surface area contributed by atoms with Crippen LogP contribution in [0.4, 0.5) is 5.82 Å². The molecule has 3 rings (SSSR count). The highest BCUT2D eigenvalue weighted by molar-refractivity contribution is 5.92. The number of aryl methyl sites for hydroxylation is 1. The Morgan fingerprint density at radius 1 is 0.808 bits per heavy atom. The van der Waals surface area contributed by atoms with Crippen molar-refractivity contribution in [1.82, 2.24) is 15.5 Å². The number of nitrogens with zero attached hydrogens (tertiary/aromatic N) is 2. The minimum atomic E-state index is -0.194. The van der Waals surface area contributed by atoms with Crippen LogP contribution >= 0.6 is 0 Å². The number of hydrogen-bond acceptors (Lipinski definition) is 4. The van der Waals surface area contributed by atoms with E-state index in [2.05, 4.69) is 33.0 Å². The average molecular weight is 346 g/mol. The number of carbonyl (C=O) groups is 1. The van der Waals surface area contributed by atoms with Crippen molar-refractivity contribution < 1.29 is 4.79 Å². The van der Waals surface area contributed by atoms with E-state index < -0.39 is 0 Å². The summed E-state index contributed by atoms with van der Waals surface area (Å²) in [5, 5.41) is 14.1. The van der Waals surface area contributed by atoms with E-state index in [0.717, 1.165) is 18.4 Å². The van der Waals surface area contributed by atoms with Crippen molar-refractivity contribution in [3.8, 4) is 0 Å². The van der Waals surface area contributed by atoms with Gasteiger partial charge in [0.25, 0.3) is 5.91 Å². The molecule has 0 spiro atoms. The first kappa shape index (κ1) is 17.6. The predicted octanol–water partition coefficient (Wildman–Crippen LogP) is 3.45. The van der Waals surface area contributed by atoms with Crippen molar-refractivity contribution in [3.05, 3.63) is 89.6 Å². The van der Waals surface area contributed by atoms with E-state index in [4.69, 9.17) is 0 Å². The number of amides is 1. The lowest BCUT2D eigenvalue weighted by atomic mass is 10.1. The fourth-order valence-corrected chi connectivity index (χ4v) is 2.57. The van der Waals surface area contributed by atoms with E-state index in [0.29, 0.717) is 24.6 Å². The minimum absolute atomic E-state index is 0.194. The molecule has 0 aliphatic rings. The Labute approximate surface area is 153 Å². The third-order valence-electron chi connectivity index (χ3n) is 3.98. The summed E-state index contributed by atoms with van der Waals surface area (Å²) in [7, 11) is 0. The second kappa shape index (κ2) is 9.32. The third kappa shape index (κ3) is 5.41. The number of rotatable bonds is 8. The van der Waals surface area contributed by atoms with E-state index in [1.54, 1.807) is 12.1 Å². The van der Waals surface area contributed by atoms with E-state index in [1.165, 1.54) is 5.56 Å². The van der Waals surface area contributed by atoms with Gasteiger partial charge in [-0.1, -0.05) is 60.7 Å². The molecule has 132 valence electrons. The quantitative estimate of drug-likeness (QED) is 0.613. The average Bonchev–Trinajstić information content (AvgIpc) is 2.71. The SMILES string of the molecule is O=C(NCCCc1ccccc1)c1ccc(NCc2ccccc2)nn1. The first-order valence-electron chi connectivity index (χ1n) is 8.75. The summed E-state index contributed by atoms with van der Waals surface area (Å²) in [4.78, 5) is 12.1. The van der Waals surface area contributed by atoms with Gasteiger partial charge in [-0.2, -0.15) is 0 Å². The summed E-state index contributed by atoms with van der Waals surface area (Å²) >= 11 is 0. The van der Waals surface area contributed by atoms with Gasteiger partial charge >= 0.3 is 0 Å². The van der Waals surface area contributed by atoms with Gasteiger partial charge in [-0.3, -0.25) is 4.79 Å². The van der Waals surface area contributed by atoms with Gasteiger partial charge < -0.3 is 10.6 Å². The van der Waals surface area contributed by atoms with Gasteiger partial charge in [0, 0.05) is 13.1 Å². The molecule has 0 saturated carbocycles. The Bertz CT molecular complexity index is 804. The molecule has 1 amide bonds. The summed E-state index contributed by atoms with van der Waals surface area (Å²) in [6, 6.07) is 23.7. The van der Waals surface area contributed by atoms with Gasteiger partial charge in [0.2, 0.25) is 0 Å². The Morgan fingerprint density at radius 3 is 2.15 bits per heavy atom. The summed E-state index contributed by atoms with van der Waals surface area (Å²) < 4.78 is 0. The molecule has 1 heterocycles. The molecule has 0 unspecified atom stereocenters. The maximum absolute atomic E-state index is 12.1. The molecule has 0 bridgehead atoms. The van der Waals surface area contributed by atoms with Gasteiger partial charge in [0.1, 0.15) is 5.82 Å². The predicted molar refractivity (Wildman–Crippen MR) is 103 cm³/mol. The highest BCUT2D eigenvalue weighted by atomic mass is 16.1. The second-order valence-corrected chi connectivity index (χ2v) is 5.99. The number of anilines is 1. The first-order chi connectivity index (χ1) is 12.8. The number of aromatic nitrogens is 2. The minimum Gasteiger partial charge on any atom is -0.365 e.